The minimum Gasteiger partial charge on any atom is -0.452 e. The second kappa shape index (κ2) is 8.85. The number of aryl methyl sites for hydroxylation is 1. The molecule has 2 N–H and O–H groups in total. The van der Waals surface area contributed by atoms with E-state index >= 15 is 0 Å². The van der Waals surface area contributed by atoms with Gasteiger partial charge in [0.25, 0.3) is 11.8 Å². The molecule has 0 saturated carbocycles. The van der Waals surface area contributed by atoms with Gasteiger partial charge in [-0.3, -0.25) is 14.9 Å². The molecule has 1 aromatic carbocycles. The van der Waals surface area contributed by atoms with E-state index in [1.54, 1.807) is 45.2 Å². The molecule has 2 amide bonds. The zero-order chi connectivity index (χ0) is 21.8. The summed E-state index contributed by atoms with van der Waals surface area (Å²) in [6, 6.07) is 7.28. The highest BCUT2D eigenvalue weighted by molar-refractivity contribution is 7.89. The van der Waals surface area contributed by atoms with Gasteiger partial charge in [-0.05, 0) is 56.8 Å². The van der Waals surface area contributed by atoms with Gasteiger partial charge < -0.3 is 4.74 Å². The monoisotopic (exact) mass is 438 g/mol. The van der Waals surface area contributed by atoms with Crippen LogP contribution in [-0.4, -0.2) is 38.3 Å². The molecule has 0 bridgehead atoms. The van der Waals surface area contributed by atoms with Crippen molar-refractivity contribution in [1.82, 2.24) is 10.0 Å². The number of rotatable bonds is 6. The smallest absolute Gasteiger partial charge is 0.338 e. The Bertz CT molecular complexity index is 1020. The molecule has 8 nitrogen and oxygen atoms in total. The first-order chi connectivity index (χ1) is 13.4. The zero-order valence-corrected chi connectivity index (χ0v) is 18.1. The second-order valence-corrected chi connectivity index (χ2v) is 9.89. The molecule has 0 aliphatic heterocycles. The normalized spacial score (nSPS) is 11.7. The van der Waals surface area contributed by atoms with Crippen molar-refractivity contribution in [3.05, 3.63) is 51.7 Å². The summed E-state index contributed by atoms with van der Waals surface area (Å²) in [5.74, 6) is -2.24. The van der Waals surface area contributed by atoms with E-state index in [4.69, 9.17) is 4.74 Å². The maximum atomic E-state index is 12.5. The van der Waals surface area contributed by atoms with Crippen LogP contribution in [0.3, 0.4) is 0 Å². The van der Waals surface area contributed by atoms with Crippen molar-refractivity contribution in [2.45, 2.75) is 38.1 Å². The molecule has 156 valence electrons. The van der Waals surface area contributed by atoms with Crippen LogP contribution in [0.25, 0.3) is 0 Å². The van der Waals surface area contributed by atoms with Crippen LogP contribution < -0.4 is 10.0 Å². The standard InChI is InChI=1S/C19H22N2O6S2/c1-12-7-8-13(29(25,26)21-19(2,3)4)10-14(12)18(24)27-11-16(22)20-17(23)15-6-5-9-28-15/h5-10,21H,11H2,1-4H3,(H,20,22,23). The summed E-state index contributed by atoms with van der Waals surface area (Å²) in [4.78, 5) is 36.3. The average molecular weight is 439 g/mol. The first kappa shape index (κ1) is 22.7. The molecule has 0 fully saturated rings. The number of nitrogens with one attached hydrogen (secondary N) is 2. The first-order valence-electron chi connectivity index (χ1n) is 8.58. The quantitative estimate of drug-likeness (QED) is 0.668. The molecule has 2 rings (SSSR count). The molecule has 0 spiro atoms. The maximum absolute atomic E-state index is 12.5. The van der Waals surface area contributed by atoms with Gasteiger partial charge >= 0.3 is 5.97 Å². The van der Waals surface area contributed by atoms with Crippen molar-refractivity contribution < 1.29 is 27.5 Å². The summed E-state index contributed by atoms with van der Waals surface area (Å²) >= 11 is 1.17. The fourth-order valence-corrected chi connectivity index (χ4v) is 4.35. The third kappa shape index (κ3) is 6.48. The van der Waals surface area contributed by atoms with E-state index in [1.165, 1.54) is 29.5 Å². The van der Waals surface area contributed by atoms with Crippen molar-refractivity contribution in [3.8, 4) is 0 Å². The third-order valence-electron chi connectivity index (χ3n) is 3.51. The van der Waals surface area contributed by atoms with Crippen LogP contribution in [0.1, 0.15) is 46.4 Å². The summed E-state index contributed by atoms with van der Waals surface area (Å²) in [5, 5.41) is 3.81. The lowest BCUT2D eigenvalue weighted by molar-refractivity contribution is -0.123. The molecule has 10 heteroatoms. The summed E-state index contributed by atoms with van der Waals surface area (Å²) in [5.41, 5.74) is -0.198. The molecule has 0 aliphatic carbocycles. The molecule has 0 saturated heterocycles. The third-order valence-corrected chi connectivity index (χ3v) is 6.14. The number of ether oxygens (including phenoxy) is 1. The van der Waals surface area contributed by atoms with Gasteiger partial charge in [0.05, 0.1) is 15.3 Å². The number of esters is 1. The minimum atomic E-state index is -3.84. The second-order valence-electron chi connectivity index (χ2n) is 7.26. The Morgan fingerprint density at radius 2 is 1.83 bits per heavy atom. The molecule has 0 aliphatic rings. The van der Waals surface area contributed by atoms with E-state index in [0.29, 0.717) is 10.4 Å². The topological polar surface area (TPSA) is 119 Å². The SMILES string of the molecule is Cc1ccc(S(=O)(=O)NC(C)(C)C)cc1C(=O)OCC(=O)NC(=O)c1cccs1. The fraction of sp³-hybridized carbons (Fsp3) is 0.316. The summed E-state index contributed by atoms with van der Waals surface area (Å²) < 4.78 is 32.4. The van der Waals surface area contributed by atoms with Gasteiger partial charge in [0.15, 0.2) is 6.61 Å². The number of hydrogen-bond donors (Lipinski definition) is 2. The Balaban J connectivity index is 2.07. The van der Waals surface area contributed by atoms with Crippen LogP contribution in [0.4, 0.5) is 0 Å². The van der Waals surface area contributed by atoms with Gasteiger partial charge in [0.1, 0.15) is 0 Å². The van der Waals surface area contributed by atoms with Crippen LogP contribution in [0.5, 0.6) is 0 Å². The molecule has 29 heavy (non-hydrogen) atoms. The van der Waals surface area contributed by atoms with E-state index in [1.807, 2.05) is 0 Å². The van der Waals surface area contributed by atoms with E-state index in [9.17, 15) is 22.8 Å². The molecule has 0 radical (unpaired) electrons. The number of thiophene rings is 1. The molecule has 0 unspecified atom stereocenters. The summed E-state index contributed by atoms with van der Waals surface area (Å²) in [7, 11) is -3.84. The Hall–Kier alpha value is -2.56. The number of imide groups is 1. The number of carbonyl (C=O) groups is 3. The minimum absolute atomic E-state index is 0.0131. The molecular formula is C19H22N2O6S2. The van der Waals surface area contributed by atoms with Crippen molar-refractivity contribution in [2.75, 3.05) is 6.61 Å². The lowest BCUT2D eigenvalue weighted by Gasteiger charge is -2.20. The number of amides is 2. The number of hydrogen-bond acceptors (Lipinski definition) is 7. The van der Waals surface area contributed by atoms with Gasteiger partial charge in [-0.25, -0.2) is 17.9 Å². The van der Waals surface area contributed by atoms with Crippen LogP contribution >= 0.6 is 11.3 Å². The maximum Gasteiger partial charge on any atom is 0.338 e. The van der Waals surface area contributed by atoms with Gasteiger partial charge in [-0.15, -0.1) is 11.3 Å². The molecule has 0 atom stereocenters. The van der Waals surface area contributed by atoms with E-state index in [-0.39, 0.29) is 10.5 Å². The van der Waals surface area contributed by atoms with Crippen LogP contribution in [0.2, 0.25) is 0 Å². The van der Waals surface area contributed by atoms with E-state index in [2.05, 4.69) is 10.0 Å². The lowest BCUT2D eigenvalue weighted by atomic mass is 10.1. The molecule has 2 aromatic rings. The predicted octanol–water partition coefficient (Wildman–Crippen LogP) is 2.25. The fourth-order valence-electron chi connectivity index (χ4n) is 2.29. The highest BCUT2D eigenvalue weighted by atomic mass is 32.2. The van der Waals surface area contributed by atoms with Gasteiger partial charge in [-0.2, -0.15) is 0 Å². The number of sulfonamides is 1. The van der Waals surface area contributed by atoms with Crippen molar-refractivity contribution in [2.24, 2.45) is 0 Å². The first-order valence-corrected chi connectivity index (χ1v) is 10.9. The van der Waals surface area contributed by atoms with Crippen LogP contribution in [-0.2, 0) is 19.6 Å². The van der Waals surface area contributed by atoms with E-state index in [0.717, 1.165) is 0 Å². The van der Waals surface area contributed by atoms with Crippen LogP contribution in [0.15, 0.2) is 40.6 Å². The lowest BCUT2D eigenvalue weighted by Crippen LogP contribution is -2.40. The summed E-state index contributed by atoms with van der Waals surface area (Å²) in [6.07, 6.45) is 0. The average Bonchev–Trinajstić information content (AvgIpc) is 3.12. The number of carbonyl (C=O) groups excluding carboxylic acids is 3. The van der Waals surface area contributed by atoms with Crippen molar-refractivity contribution in [3.63, 3.8) is 0 Å². The zero-order valence-electron chi connectivity index (χ0n) is 16.4. The Labute approximate surface area is 173 Å². The molecule has 1 aromatic heterocycles. The Kier molecular flexibility index (Phi) is 6.93. The Morgan fingerprint density at radius 1 is 1.14 bits per heavy atom. The predicted molar refractivity (Wildman–Crippen MR) is 108 cm³/mol. The molecular weight excluding hydrogens is 416 g/mol. The van der Waals surface area contributed by atoms with Gasteiger partial charge in [0, 0.05) is 5.54 Å². The van der Waals surface area contributed by atoms with Gasteiger partial charge in [0.2, 0.25) is 10.0 Å². The van der Waals surface area contributed by atoms with E-state index < -0.39 is 40.0 Å². The largest absolute Gasteiger partial charge is 0.452 e. The number of benzene rings is 1. The molecule has 1 heterocycles. The highest BCUT2D eigenvalue weighted by Crippen LogP contribution is 2.18. The van der Waals surface area contributed by atoms with Gasteiger partial charge in [-0.1, -0.05) is 12.1 Å². The Morgan fingerprint density at radius 3 is 2.41 bits per heavy atom. The van der Waals surface area contributed by atoms with Crippen LogP contribution in [0, 0.1) is 6.92 Å². The summed E-state index contributed by atoms with van der Waals surface area (Å²) in [6.45, 7) is 6.04. The highest BCUT2D eigenvalue weighted by Gasteiger charge is 2.24. The van der Waals surface area contributed by atoms with Crippen molar-refractivity contribution >= 4 is 39.1 Å². The van der Waals surface area contributed by atoms with Crippen molar-refractivity contribution in [1.29, 1.82) is 0 Å².